The summed E-state index contributed by atoms with van der Waals surface area (Å²) < 4.78 is 27.0. The molecule has 0 heterocycles. The third kappa shape index (κ3) is 5.05. The smallest absolute Gasteiger partial charge is 0.243 e. The van der Waals surface area contributed by atoms with Gasteiger partial charge in [-0.2, -0.15) is 4.31 Å². The van der Waals surface area contributed by atoms with Gasteiger partial charge in [0.05, 0.1) is 4.90 Å². The Balaban J connectivity index is 3.12. The van der Waals surface area contributed by atoms with E-state index in [1.54, 1.807) is 28.6 Å². The summed E-state index contributed by atoms with van der Waals surface area (Å²) >= 11 is 4.88. The van der Waals surface area contributed by atoms with E-state index in [9.17, 15) is 8.42 Å². The van der Waals surface area contributed by atoms with Crippen LogP contribution in [-0.2, 0) is 10.0 Å². The summed E-state index contributed by atoms with van der Waals surface area (Å²) in [4.78, 5) is 0.545. The van der Waals surface area contributed by atoms with Crippen LogP contribution < -0.4 is 5.73 Å². The number of rotatable bonds is 7. The maximum atomic E-state index is 12.7. The number of hydrogen-bond donors (Lipinski definition) is 1. The average molecular weight is 329 g/mol. The summed E-state index contributed by atoms with van der Waals surface area (Å²) in [5.74, 6) is 0.545. The van der Waals surface area contributed by atoms with E-state index < -0.39 is 10.0 Å². The number of nitrogens with zero attached hydrogens (tertiary/aromatic N) is 1. The summed E-state index contributed by atoms with van der Waals surface area (Å²) in [6, 6.07) is 6.44. The number of nitrogens with two attached hydrogens (primary N) is 1. The summed E-state index contributed by atoms with van der Waals surface area (Å²) in [5.41, 5.74) is 6.21. The van der Waals surface area contributed by atoms with Crippen LogP contribution in [0.1, 0.15) is 33.3 Å². The Bertz CT molecular complexity index is 568. The van der Waals surface area contributed by atoms with E-state index in [4.69, 9.17) is 18.0 Å². The molecule has 0 saturated carbocycles. The Labute approximate surface area is 133 Å². The molecular weight excluding hydrogens is 304 g/mol. The van der Waals surface area contributed by atoms with Crippen molar-refractivity contribution in [2.75, 3.05) is 13.1 Å². The molecule has 0 bridgehead atoms. The van der Waals surface area contributed by atoms with Gasteiger partial charge in [0, 0.05) is 18.7 Å². The zero-order valence-electron chi connectivity index (χ0n) is 13.0. The molecule has 0 aromatic heterocycles. The van der Waals surface area contributed by atoms with Crippen LogP contribution in [0.15, 0.2) is 29.2 Å². The highest BCUT2D eigenvalue weighted by molar-refractivity contribution is 7.89. The predicted octanol–water partition coefficient (Wildman–Crippen LogP) is 2.62. The topological polar surface area (TPSA) is 63.4 Å². The van der Waals surface area contributed by atoms with Gasteiger partial charge in [-0.25, -0.2) is 8.42 Å². The quantitative estimate of drug-likeness (QED) is 0.782. The first-order valence-electron chi connectivity index (χ1n) is 7.04. The summed E-state index contributed by atoms with van der Waals surface area (Å²) in [6.07, 6.45) is 0. The van der Waals surface area contributed by atoms with Gasteiger partial charge in [0.1, 0.15) is 4.99 Å². The second-order valence-corrected chi connectivity index (χ2v) is 8.38. The first kappa shape index (κ1) is 18.1. The van der Waals surface area contributed by atoms with E-state index in [0.29, 0.717) is 18.7 Å². The fourth-order valence-electron chi connectivity index (χ4n) is 2.03. The van der Waals surface area contributed by atoms with Crippen LogP contribution in [-0.4, -0.2) is 30.8 Å². The van der Waals surface area contributed by atoms with Crippen LogP contribution in [0.5, 0.6) is 0 Å². The van der Waals surface area contributed by atoms with Gasteiger partial charge in [0.2, 0.25) is 10.0 Å². The Kier molecular flexibility index (Phi) is 6.31. The van der Waals surface area contributed by atoms with Gasteiger partial charge >= 0.3 is 0 Å². The second-order valence-electron chi connectivity index (χ2n) is 6.00. The number of hydrogen-bond acceptors (Lipinski definition) is 3. The van der Waals surface area contributed by atoms with E-state index >= 15 is 0 Å². The Morgan fingerprint density at radius 2 is 1.52 bits per heavy atom. The zero-order chi connectivity index (χ0) is 16.2. The molecule has 0 aliphatic heterocycles. The lowest BCUT2D eigenvalue weighted by Crippen LogP contribution is -2.37. The van der Waals surface area contributed by atoms with E-state index in [1.165, 1.54) is 0 Å². The van der Waals surface area contributed by atoms with Gasteiger partial charge in [-0.3, -0.25) is 0 Å². The van der Waals surface area contributed by atoms with E-state index in [0.717, 1.165) is 0 Å². The monoisotopic (exact) mass is 328 g/mol. The molecule has 0 aliphatic rings. The highest BCUT2D eigenvalue weighted by Crippen LogP contribution is 2.19. The van der Waals surface area contributed by atoms with E-state index in [-0.39, 0.29) is 21.7 Å². The van der Waals surface area contributed by atoms with Gasteiger partial charge in [0.15, 0.2) is 0 Å². The maximum Gasteiger partial charge on any atom is 0.243 e. The molecule has 0 saturated heterocycles. The van der Waals surface area contributed by atoms with Crippen LogP contribution >= 0.6 is 12.2 Å². The molecule has 1 aromatic rings. The first-order valence-corrected chi connectivity index (χ1v) is 8.89. The van der Waals surface area contributed by atoms with Crippen molar-refractivity contribution in [3.63, 3.8) is 0 Å². The molecule has 0 aliphatic carbocycles. The van der Waals surface area contributed by atoms with Crippen molar-refractivity contribution >= 4 is 27.2 Å². The fourth-order valence-corrected chi connectivity index (χ4v) is 3.93. The van der Waals surface area contributed by atoms with Gasteiger partial charge in [-0.05, 0) is 24.0 Å². The largest absolute Gasteiger partial charge is 0.389 e. The standard InChI is InChI=1S/C15H24N2O2S2/c1-11(2)9-17(10-12(3)4)21(18,19)14-7-5-13(6-8-14)15(16)20/h5-8,11-12H,9-10H2,1-4H3,(H2,16,20). The van der Waals surface area contributed by atoms with Crippen LogP contribution in [0.2, 0.25) is 0 Å². The van der Waals surface area contributed by atoms with Crippen LogP contribution in [0.3, 0.4) is 0 Å². The molecule has 0 amide bonds. The van der Waals surface area contributed by atoms with Gasteiger partial charge in [0.25, 0.3) is 0 Å². The zero-order valence-corrected chi connectivity index (χ0v) is 14.7. The molecule has 0 radical (unpaired) electrons. The summed E-state index contributed by atoms with van der Waals surface area (Å²) in [6.45, 7) is 9.07. The highest BCUT2D eigenvalue weighted by Gasteiger charge is 2.25. The van der Waals surface area contributed by atoms with Crippen molar-refractivity contribution in [3.05, 3.63) is 29.8 Å². The third-order valence-electron chi connectivity index (χ3n) is 2.91. The highest BCUT2D eigenvalue weighted by atomic mass is 32.2. The summed E-state index contributed by atoms with van der Waals surface area (Å²) in [7, 11) is -3.48. The Morgan fingerprint density at radius 3 is 1.86 bits per heavy atom. The molecule has 1 rings (SSSR count). The lowest BCUT2D eigenvalue weighted by atomic mass is 10.2. The summed E-state index contributed by atoms with van der Waals surface area (Å²) in [5, 5.41) is 0. The minimum Gasteiger partial charge on any atom is -0.389 e. The molecule has 0 unspecified atom stereocenters. The molecule has 1 aromatic carbocycles. The number of sulfonamides is 1. The molecule has 21 heavy (non-hydrogen) atoms. The van der Waals surface area contributed by atoms with Crippen molar-refractivity contribution in [2.24, 2.45) is 17.6 Å². The van der Waals surface area contributed by atoms with Crippen LogP contribution in [0.25, 0.3) is 0 Å². The predicted molar refractivity (Wildman–Crippen MR) is 90.8 cm³/mol. The second kappa shape index (κ2) is 7.33. The molecule has 0 atom stereocenters. The molecular formula is C15H24N2O2S2. The number of benzene rings is 1. The van der Waals surface area contributed by atoms with Gasteiger partial charge in [-0.1, -0.05) is 52.0 Å². The molecule has 0 fully saturated rings. The lowest BCUT2D eigenvalue weighted by Gasteiger charge is -2.25. The lowest BCUT2D eigenvalue weighted by molar-refractivity contribution is 0.333. The molecule has 118 valence electrons. The van der Waals surface area contributed by atoms with Crippen molar-refractivity contribution in [3.8, 4) is 0 Å². The minimum absolute atomic E-state index is 0.264. The van der Waals surface area contributed by atoms with Crippen LogP contribution in [0.4, 0.5) is 0 Å². The molecule has 0 spiro atoms. The van der Waals surface area contributed by atoms with Crippen molar-refractivity contribution in [2.45, 2.75) is 32.6 Å². The van der Waals surface area contributed by atoms with E-state index in [2.05, 4.69) is 0 Å². The Hall–Kier alpha value is -0.980. The molecule has 2 N–H and O–H groups in total. The number of thiocarbonyl (C=S) groups is 1. The Morgan fingerprint density at radius 1 is 1.10 bits per heavy atom. The van der Waals surface area contributed by atoms with E-state index in [1.807, 2.05) is 27.7 Å². The minimum atomic E-state index is -3.48. The normalized spacial score (nSPS) is 12.3. The van der Waals surface area contributed by atoms with Crippen molar-refractivity contribution < 1.29 is 8.42 Å². The molecule has 6 heteroatoms. The van der Waals surface area contributed by atoms with Gasteiger partial charge in [-0.15, -0.1) is 0 Å². The fraction of sp³-hybridized carbons (Fsp3) is 0.533. The van der Waals surface area contributed by atoms with Crippen LogP contribution in [0, 0.1) is 11.8 Å². The SMILES string of the molecule is CC(C)CN(CC(C)C)S(=O)(=O)c1ccc(C(N)=S)cc1. The maximum absolute atomic E-state index is 12.7. The average Bonchev–Trinajstić information content (AvgIpc) is 2.37. The van der Waals surface area contributed by atoms with Gasteiger partial charge < -0.3 is 5.73 Å². The third-order valence-corrected chi connectivity index (χ3v) is 5.00. The van der Waals surface area contributed by atoms with Crippen molar-refractivity contribution in [1.29, 1.82) is 0 Å². The first-order chi connectivity index (χ1) is 9.64. The van der Waals surface area contributed by atoms with Crippen molar-refractivity contribution in [1.82, 2.24) is 4.31 Å². The molecule has 4 nitrogen and oxygen atoms in total.